The minimum atomic E-state index is -0.267. The average Bonchev–Trinajstić information content (AvgIpc) is 2.88. The smallest absolute Gasteiger partial charge is 0.253 e. The van der Waals surface area contributed by atoms with Gasteiger partial charge in [-0.1, -0.05) is 6.92 Å². The summed E-state index contributed by atoms with van der Waals surface area (Å²) in [7, 11) is 1.83. The van der Waals surface area contributed by atoms with Crippen LogP contribution in [0.5, 0.6) is 0 Å². The first kappa shape index (κ1) is 15.0. The Bertz CT molecular complexity index is 489. The van der Waals surface area contributed by atoms with Gasteiger partial charge in [0.05, 0.1) is 0 Å². The summed E-state index contributed by atoms with van der Waals surface area (Å²) in [4.78, 5) is 16.5. The van der Waals surface area contributed by atoms with E-state index in [1.165, 1.54) is 12.5 Å². The molecule has 0 aromatic heterocycles. The maximum atomic E-state index is 13.3. The average molecular weight is 278 g/mol. The van der Waals surface area contributed by atoms with Crippen LogP contribution in [0.2, 0.25) is 0 Å². The number of rotatable bonds is 4. The maximum absolute atomic E-state index is 13.3. The van der Waals surface area contributed by atoms with Crippen LogP contribution in [0.3, 0.4) is 0 Å². The third-order valence-electron chi connectivity index (χ3n) is 4.14. The van der Waals surface area contributed by atoms with Gasteiger partial charge in [0.25, 0.3) is 5.91 Å². The minimum absolute atomic E-state index is 0.0314. The molecule has 0 saturated carbocycles. The molecule has 3 nitrogen and oxygen atoms in total. The van der Waals surface area contributed by atoms with Crippen LogP contribution in [-0.2, 0) is 0 Å². The van der Waals surface area contributed by atoms with Gasteiger partial charge in [0, 0.05) is 25.2 Å². The molecule has 0 aliphatic carbocycles. The molecule has 4 heteroatoms. The van der Waals surface area contributed by atoms with E-state index in [2.05, 4.69) is 11.8 Å². The highest BCUT2D eigenvalue weighted by atomic mass is 19.1. The Morgan fingerprint density at radius 2 is 2.25 bits per heavy atom. The lowest BCUT2D eigenvalue weighted by molar-refractivity contribution is 0.0754. The van der Waals surface area contributed by atoms with Crippen LogP contribution in [0, 0.1) is 12.7 Å². The second kappa shape index (κ2) is 6.35. The number of likely N-dealkylation sites (tertiary alicyclic amines) is 1. The van der Waals surface area contributed by atoms with Gasteiger partial charge >= 0.3 is 0 Å². The number of likely N-dealkylation sites (N-methyl/N-ethyl adjacent to an activating group) is 2. The van der Waals surface area contributed by atoms with Gasteiger partial charge < -0.3 is 4.90 Å². The molecule has 0 bridgehead atoms. The van der Waals surface area contributed by atoms with E-state index in [0.29, 0.717) is 17.2 Å². The number of aryl methyl sites for hydroxylation is 1. The largest absolute Gasteiger partial charge is 0.340 e. The molecule has 1 unspecified atom stereocenters. The molecule has 1 aromatic carbocycles. The Labute approximate surface area is 120 Å². The Kier molecular flexibility index (Phi) is 4.76. The second-order valence-corrected chi connectivity index (χ2v) is 5.57. The molecule has 2 rings (SSSR count). The predicted molar refractivity (Wildman–Crippen MR) is 78.4 cm³/mol. The van der Waals surface area contributed by atoms with Crippen molar-refractivity contribution in [2.24, 2.45) is 0 Å². The summed E-state index contributed by atoms with van der Waals surface area (Å²) < 4.78 is 13.3. The van der Waals surface area contributed by atoms with E-state index in [4.69, 9.17) is 0 Å². The van der Waals surface area contributed by atoms with Crippen molar-refractivity contribution >= 4 is 5.91 Å². The molecule has 0 spiro atoms. The first-order valence-electron chi connectivity index (χ1n) is 7.28. The number of amides is 1. The molecule has 1 saturated heterocycles. The molecule has 1 amide bonds. The summed E-state index contributed by atoms with van der Waals surface area (Å²) in [6.45, 7) is 6.73. The topological polar surface area (TPSA) is 23.6 Å². The summed E-state index contributed by atoms with van der Waals surface area (Å²) >= 11 is 0. The maximum Gasteiger partial charge on any atom is 0.253 e. The van der Waals surface area contributed by atoms with E-state index in [-0.39, 0.29) is 11.7 Å². The van der Waals surface area contributed by atoms with Crippen LogP contribution in [0.15, 0.2) is 18.2 Å². The first-order chi connectivity index (χ1) is 9.52. The number of halogens is 1. The number of nitrogens with zero attached hydrogens (tertiary/aromatic N) is 2. The highest BCUT2D eigenvalue weighted by Gasteiger charge is 2.25. The molecule has 1 atom stereocenters. The van der Waals surface area contributed by atoms with Crippen molar-refractivity contribution < 1.29 is 9.18 Å². The van der Waals surface area contributed by atoms with E-state index >= 15 is 0 Å². The Morgan fingerprint density at radius 3 is 2.90 bits per heavy atom. The van der Waals surface area contributed by atoms with Crippen LogP contribution in [0.4, 0.5) is 4.39 Å². The quantitative estimate of drug-likeness (QED) is 0.845. The van der Waals surface area contributed by atoms with E-state index in [1.807, 2.05) is 7.05 Å². The van der Waals surface area contributed by atoms with Crippen LogP contribution < -0.4 is 0 Å². The number of hydrogen-bond donors (Lipinski definition) is 0. The van der Waals surface area contributed by atoms with Crippen molar-refractivity contribution in [3.8, 4) is 0 Å². The molecule has 1 heterocycles. The Hall–Kier alpha value is -1.42. The van der Waals surface area contributed by atoms with Gasteiger partial charge in [0.1, 0.15) is 5.82 Å². The van der Waals surface area contributed by atoms with Crippen molar-refractivity contribution in [3.63, 3.8) is 0 Å². The third kappa shape index (κ3) is 3.18. The first-order valence-corrected chi connectivity index (χ1v) is 7.28. The van der Waals surface area contributed by atoms with Crippen molar-refractivity contribution in [1.29, 1.82) is 0 Å². The summed E-state index contributed by atoms with van der Waals surface area (Å²) in [5.41, 5.74) is 1.08. The summed E-state index contributed by atoms with van der Waals surface area (Å²) in [6, 6.07) is 5.01. The fraction of sp³-hybridized carbons (Fsp3) is 0.562. The van der Waals surface area contributed by atoms with Crippen LogP contribution in [0.25, 0.3) is 0 Å². The summed E-state index contributed by atoms with van der Waals surface area (Å²) in [5.74, 6) is -0.298. The summed E-state index contributed by atoms with van der Waals surface area (Å²) in [6.07, 6.45) is 2.35. The SMILES string of the molecule is CCN1CCCC1CN(C)C(=O)c1ccc(F)c(C)c1. The van der Waals surface area contributed by atoms with Gasteiger partial charge in [-0.2, -0.15) is 0 Å². The molecule has 20 heavy (non-hydrogen) atoms. The van der Waals surface area contributed by atoms with Crippen molar-refractivity contribution in [2.75, 3.05) is 26.7 Å². The fourth-order valence-electron chi connectivity index (χ4n) is 2.92. The number of hydrogen-bond acceptors (Lipinski definition) is 2. The van der Waals surface area contributed by atoms with E-state index in [0.717, 1.165) is 26.1 Å². The lowest BCUT2D eigenvalue weighted by Crippen LogP contribution is -2.41. The highest BCUT2D eigenvalue weighted by Crippen LogP contribution is 2.18. The van der Waals surface area contributed by atoms with E-state index in [9.17, 15) is 9.18 Å². The molecule has 0 N–H and O–H groups in total. The molecule has 1 aliphatic heterocycles. The Morgan fingerprint density at radius 1 is 1.50 bits per heavy atom. The van der Waals surface area contributed by atoms with E-state index < -0.39 is 0 Å². The zero-order valence-corrected chi connectivity index (χ0v) is 12.5. The van der Waals surface area contributed by atoms with Crippen LogP contribution in [-0.4, -0.2) is 48.4 Å². The second-order valence-electron chi connectivity index (χ2n) is 5.57. The zero-order chi connectivity index (χ0) is 14.7. The van der Waals surface area contributed by atoms with Crippen LogP contribution in [0.1, 0.15) is 35.7 Å². The zero-order valence-electron chi connectivity index (χ0n) is 12.5. The third-order valence-corrected chi connectivity index (χ3v) is 4.14. The highest BCUT2D eigenvalue weighted by molar-refractivity contribution is 5.94. The molecule has 110 valence electrons. The molecule has 1 fully saturated rings. The van der Waals surface area contributed by atoms with Gasteiger partial charge in [-0.15, -0.1) is 0 Å². The molecule has 0 radical (unpaired) electrons. The molecular formula is C16H23FN2O. The van der Waals surface area contributed by atoms with Gasteiger partial charge in [-0.25, -0.2) is 4.39 Å². The monoisotopic (exact) mass is 278 g/mol. The van der Waals surface area contributed by atoms with Gasteiger partial charge in [-0.3, -0.25) is 9.69 Å². The Balaban J connectivity index is 2.03. The standard InChI is InChI=1S/C16H23FN2O/c1-4-19-9-5-6-14(19)11-18(3)16(20)13-7-8-15(17)12(2)10-13/h7-8,10,14H,4-6,9,11H2,1-3H3. The number of carbonyl (C=O) groups excluding carboxylic acids is 1. The lowest BCUT2D eigenvalue weighted by Gasteiger charge is -2.27. The minimum Gasteiger partial charge on any atom is -0.340 e. The van der Waals surface area contributed by atoms with Crippen molar-refractivity contribution in [1.82, 2.24) is 9.80 Å². The number of benzene rings is 1. The van der Waals surface area contributed by atoms with E-state index in [1.54, 1.807) is 24.0 Å². The molecular weight excluding hydrogens is 255 g/mol. The van der Waals surface area contributed by atoms with Crippen molar-refractivity contribution in [2.45, 2.75) is 32.7 Å². The lowest BCUT2D eigenvalue weighted by atomic mass is 10.1. The predicted octanol–water partition coefficient (Wildman–Crippen LogP) is 2.69. The van der Waals surface area contributed by atoms with Gasteiger partial charge in [0.2, 0.25) is 0 Å². The number of carbonyl (C=O) groups is 1. The molecule has 1 aliphatic rings. The van der Waals surface area contributed by atoms with Gasteiger partial charge in [0.15, 0.2) is 0 Å². The summed E-state index contributed by atoms with van der Waals surface area (Å²) in [5, 5.41) is 0. The van der Waals surface area contributed by atoms with Crippen LogP contribution >= 0.6 is 0 Å². The van der Waals surface area contributed by atoms with Crippen molar-refractivity contribution in [3.05, 3.63) is 35.1 Å². The molecule has 1 aromatic rings. The normalized spacial score (nSPS) is 19.3. The fourth-order valence-corrected chi connectivity index (χ4v) is 2.92. The van der Waals surface area contributed by atoms with Gasteiger partial charge in [-0.05, 0) is 56.6 Å².